The number of halogens is 1. The van der Waals surface area contributed by atoms with Gasteiger partial charge in [-0.05, 0) is 43.7 Å². The monoisotopic (exact) mass is 233 g/mol. The fourth-order valence-electron chi connectivity index (χ4n) is 2.81. The Bertz CT molecular complexity index is 442. The molecule has 2 nitrogen and oxygen atoms in total. The molecule has 3 heteroatoms. The quantitative estimate of drug-likeness (QED) is 0.769. The zero-order valence-corrected chi connectivity index (χ0v) is 9.73. The third-order valence-electron chi connectivity index (χ3n) is 3.83. The van der Waals surface area contributed by atoms with Gasteiger partial charge in [-0.3, -0.25) is 4.79 Å². The van der Waals surface area contributed by atoms with Crippen LogP contribution in [0.15, 0.2) is 24.3 Å². The van der Waals surface area contributed by atoms with Crippen molar-refractivity contribution in [2.75, 3.05) is 6.54 Å². The second-order valence-corrected chi connectivity index (χ2v) is 5.03. The summed E-state index contributed by atoms with van der Waals surface area (Å²) in [5.41, 5.74) is 0.222. The van der Waals surface area contributed by atoms with E-state index in [1.807, 2.05) is 4.90 Å². The van der Waals surface area contributed by atoms with Gasteiger partial charge in [-0.2, -0.15) is 0 Å². The topological polar surface area (TPSA) is 20.3 Å². The minimum Gasteiger partial charge on any atom is -0.335 e. The first-order valence-electron chi connectivity index (χ1n) is 6.33. The SMILES string of the molecule is O=C(c1ccccc1F)N1CCCC1C1CC1. The van der Waals surface area contributed by atoms with Crippen LogP contribution in [-0.2, 0) is 0 Å². The number of likely N-dealkylation sites (tertiary alicyclic amines) is 1. The van der Waals surface area contributed by atoms with E-state index >= 15 is 0 Å². The van der Waals surface area contributed by atoms with E-state index in [0.717, 1.165) is 19.4 Å². The van der Waals surface area contributed by atoms with Crippen molar-refractivity contribution in [1.82, 2.24) is 4.90 Å². The van der Waals surface area contributed by atoms with Crippen LogP contribution in [0.5, 0.6) is 0 Å². The molecule has 0 N–H and O–H groups in total. The molecule has 1 heterocycles. The van der Waals surface area contributed by atoms with Crippen molar-refractivity contribution in [2.24, 2.45) is 5.92 Å². The first-order chi connectivity index (χ1) is 8.27. The minimum atomic E-state index is -0.404. The number of nitrogens with zero attached hydrogens (tertiary/aromatic N) is 1. The Kier molecular flexibility index (Phi) is 2.61. The number of hydrogen-bond acceptors (Lipinski definition) is 1. The van der Waals surface area contributed by atoms with Crippen molar-refractivity contribution in [2.45, 2.75) is 31.7 Å². The molecule has 0 bridgehead atoms. The van der Waals surface area contributed by atoms with Crippen LogP contribution in [0.3, 0.4) is 0 Å². The van der Waals surface area contributed by atoms with Gasteiger partial charge in [0.15, 0.2) is 0 Å². The molecule has 1 aliphatic heterocycles. The van der Waals surface area contributed by atoms with E-state index < -0.39 is 5.82 Å². The average Bonchev–Trinajstić information content (AvgIpc) is 3.07. The highest BCUT2D eigenvalue weighted by molar-refractivity contribution is 5.94. The molecule has 1 saturated carbocycles. The van der Waals surface area contributed by atoms with Gasteiger partial charge in [0.25, 0.3) is 5.91 Å². The normalized spacial score (nSPS) is 24.1. The molecule has 2 aliphatic rings. The van der Waals surface area contributed by atoms with Gasteiger partial charge >= 0.3 is 0 Å². The highest BCUT2D eigenvalue weighted by atomic mass is 19.1. The maximum atomic E-state index is 13.6. The summed E-state index contributed by atoms with van der Waals surface area (Å²) in [4.78, 5) is 14.2. The van der Waals surface area contributed by atoms with Gasteiger partial charge in [-0.1, -0.05) is 12.1 Å². The van der Waals surface area contributed by atoms with Crippen LogP contribution in [0.4, 0.5) is 4.39 Å². The second kappa shape index (κ2) is 4.13. The van der Waals surface area contributed by atoms with Crippen LogP contribution in [0, 0.1) is 11.7 Å². The van der Waals surface area contributed by atoms with Crippen molar-refractivity contribution in [1.29, 1.82) is 0 Å². The van der Waals surface area contributed by atoms with E-state index in [2.05, 4.69) is 0 Å². The lowest BCUT2D eigenvalue weighted by molar-refractivity contribution is 0.0716. The Hall–Kier alpha value is -1.38. The van der Waals surface area contributed by atoms with Crippen molar-refractivity contribution in [3.05, 3.63) is 35.6 Å². The van der Waals surface area contributed by atoms with Gasteiger partial charge in [-0.15, -0.1) is 0 Å². The minimum absolute atomic E-state index is 0.127. The largest absolute Gasteiger partial charge is 0.335 e. The van der Waals surface area contributed by atoms with Crippen LogP contribution in [0.2, 0.25) is 0 Å². The summed E-state index contributed by atoms with van der Waals surface area (Å²) in [6.45, 7) is 0.786. The first kappa shape index (κ1) is 10.8. The first-order valence-corrected chi connectivity index (χ1v) is 6.33. The molecule has 17 heavy (non-hydrogen) atoms. The van der Waals surface area contributed by atoms with Crippen molar-refractivity contribution >= 4 is 5.91 Å². The van der Waals surface area contributed by atoms with E-state index in [1.165, 1.54) is 18.9 Å². The van der Waals surface area contributed by atoms with Crippen molar-refractivity contribution in [3.8, 4) is 0 Å². The number of carbonyl (C=O) groups is 1. The van der Waals surface area contributed by atoms with Crippen molar-refractivity contribution in [3.63, 3.8) is 0 Å². The van der Waals surface area contributed by atoms with Crippen molar-refractivity contribution < 1.29 is 9.18 Å². The zero-order chi connectivity index (χ0) is 11.8. The van der Waals surface area contributed by atoms with E-state index in [4.69, 9.17) is 0 Å². The van der Waals surface area contributed by atoms with Crippen LogP contribution in [0.1, 0.15) is 36.0 Å². The summed E-state index contributed by atoms with van der Waals surface area (Å²) >= 11 is 0. The summed E-state index contributed by atoms with van der Waals surface area (Å²) in [5.74, 6) is 0.143. The predicted molar refractivity (Wildman–Crippen MR) is 63.2 cm³/mol. The summed E-state index contributed by atoms with van der Waals surface area (Å²) in [5, 5.41) is 0. The highest BCUT2D eigenvalue weighted by Gasteiger charge is 2.40. The molecular weight excluding hydrogens is 217 g/mol. The van der Waals surface area contributed by atoms with Gasteiger partial charge in [0.1, 0.15) is 5.82 Å². The Morgan fingerprint density at radius 3 is 2.71 bits per heavy atom. The smallest absolute Gasteiger partial charge is 0.257 e. The molecule has 90 valence electrons. The van der Waals surface area contributed by atoms with Crippen LogP contribution >= 0.6 is 0 Å². The van der Waals surface area contributed by atoms with Gasteiger partial charge in [0.05, 0.1) is 5.56 Å². The third kappa shape index (κ3) is 1.94. The molecule has 0 spiro atoms. The lowest BCUT2D eigenvalue weighted by Crippen LogP contribution is -2.37. The summed E-state index contributed by atoms with van der Waals surface area (Å²) in [7, 11) is 0. The van der Waals surface area contributed by atoms with E-state index in [1.54, 1.807) is 18.2 Å². The molecule has 1 aromatic carbocycles. The van der Waals surface area contributed by atoms with Crippen LogP contribution < -0.4 is 0 Å². The summed E-state index contributed by atoms with van der Waals surface area (Å²) in [6, 6.07) is 6.64. The Morgan fingerprint density at radius 1 is 1.24 bits per heavy atom. The van der Waals surface area contributed by atoms with Gasteiger partial charge in [0, 0.05) is 12.6 Å². The molecule has 3 rings (SSSR count). The Balaban J connectivity index is 1.84. The molecule has 2 fully saturated rings. The number of hydrogen-bond donors (Lipinski definition) is 0. The molecule has 0 radical (unpaired) electrons. The average molecular weight is 233 g/mol. The molecule has 1 saturated heterocycles. The fraction of sp³-hybridized carbons (Fsp3) is 0.500. The molecule has 1 atom stereocenters. The summed E-state index contributed by atoms with van der Waals surface area (Å²) < 4.78 is 13.6. The second-order valence-electron chi connectivity index (χ2n) is 5.03. The van der Waals surface area contributed by atoms with Crippen LogP contribution in [0.25, 0.3) is 0 Å². The number of benzene rings is 1. The summed E-state index contributed by atoms with van der Waals surface area (Å²) in [6.07, 6.45) is 4.60. The predicted octanol–water partition coefficient (Wildman–Crippen LogP) is 2.84. The third-order valence-corrected chi connectivity index (χ3v) is 3.83. The fourth-order valence-corrected chi connectivity index (χ4v) is 2.81. The molecular formula is C14H16FNO. The Morgan fingerprint density at radius 2 is 2.00 bits per heavy atom. The van der Waals surface area contributed by atoms with Gasteiger partial charge in [-0.25, -0.2) is 4.39 Å². The molecule has 1 unspecified atom stereocenters. The zero-order valence-electron chi connectivity index (χ0n) is 9.73. The molecule has 1 aromatic rings. The van der Waals surface area contributed by atoms with E-state index in [-0.39, 0.29) is 11.5 Å². The molecule has 0 aromatic heterocycles. The maximum Gasteiger partial charge on any atom is 0.257 e. The standard InChI is InChI=1S/C14H16FNO/c15-12-5-2-1-4-11(12)14(17)16-9-3-6-13(16)10-7-8-10/h1-2,4-5,10,13H,3,6-9H2. The lowest BCUT2D eigenvalue weighted by Gasteiger charge is -2.24. The maximum absolute atomic E-state index is 13.6. The van der Waals surface area contributed by atoms with Crippen LogP contribution in [-0.4, -0.2) is 23.4 Å². The lowest BCUT2D eigenvalue weighted by atomic mass is 10.1. The van der Waals surface area contributed by atoms with E-state index in [9.17, 15) is 9.18 Å². The number of rotatable bonds is 2. The Labute approximate surface area is 100 Å². The molecule has 1 amide bonds. The molecule has 1 aliphatic carbocycles. The van der Waals surface area contributed by atoms with Gasteiger partial charge in [0.2, 0.25) is 0 Å². The number of carbonyl (C=O) groups excluding carboxylic acids is 1. The number of amides is 1. The highest BCUT2D eigenvalue weighted by Crippen LogP contribution is 2.40. The van der Waals surface area contributed by atoms with E-state index in [0.29, 0.717) is 12.0 Å². The van der Waals surface area contributed by atoms with Gasteiger partial charge < -0.3 is 4.90 Å².